The van der Waals surface area contributed by atoms with Gasteiger partial charge in [-0.3, -0.25) is 0 Å². The summed E-state index contributed by atoms with van der Waals surface area (Å²) in [4.78, 5) is 4.02. The number of hydrogen-bond donors (Lipinski definition) is 0. The molecule has 0 atom stereocenters. The van der Waals surface area contributed by atoms with Crippen LogP contribution in [0, 0.1) is 0 Å². The van der Waals surface area contributed by atoms with E-state index in [9.17, 15) is 0 Å². The number of rotatable bonds is 2. The van der Waals surface area contributed by atoms with Crippen LogP contribution >= 0.6 is 34.9 Å². The van der Waals surface area contributed by atoms with Crippen molar-refractivity contribution < 1.29 is 0 Å². The highest BCUT2D eigenvalue weighted by atomic mass is 32.2. The molecule has 20 heavy (non-hydrogen) atoms. The van der Waals surface area contributed by atoms with Crippen LogP contribution in [0.25, 0.3) is 5.57 Å². The van der Waals surface area contributed by atoms with Crippen LogP contribution in [0.15, 0.2) is 85.3 Å². The van der Waals surface area contributed by atoms with Crippen molar-refractivity contribution in [3.63, 3.8) is 0 Å². The van der Waals surface area contributed by atoms with Crippen molar-refractivity contribution in [2.75, 3.05) is 0 Å². The highest BCUT2D eigenvalue weighted by molar-refractivity contribution is 8.25. The fourth-order valence-corrected chi connectivity index (χ4v) is 5.74. The lowest BCUT2D eigenvalue weighted by Crippen LogP contribution is -1.84. The molecule has 1 aliphatic carbocycles. The third-order valence-corrected chi connectivity index (χ3v) is 6.54. The summed E-state index contributed by atoms with van der Waals surface area (Å²) < 4.78 is 1.36. The van der Waals surface area contributed by atoms with Crippen LogP contribution in [0.2, 0.25) is 0 Å². The van der Waals surface area contributed by atoms with Crippen LogP contribution in [-0.4, -0.2) is 0 Å². The van der Waals surface area contributed by atoms with Crippen molar-refractivity contribution in [2.24, 2.45) is 0 Å². The largest absolute Gasteiger partial charge is 0.144 e. The minimum absolute atomic E-state index is 1.19. The number of fused-ring (bicyclic) bond motifs is 1. The van der Waals surface area contributed by atoms with E-state index in [1.54, 1.807) is 11.3 Å². The Hall–Kier alpha value is -1.38. The van der Waals surface area contributed by atoms with Gasteiger partial charge in [0.05, 0.1) is 4.24 Å². The fourth-order valence-electron chi connectivity index (χ4n) is 2.19. The Morgan fingerprint density at radius 3 is 2.35 bits per heavy atom. The SMILES string of the molecule is C1=CC=CC=1C(=C1Sc2ccccc2S1)c1cccs1. The average molecular weight is 310 g/mol. The highest BCUT2D eigenvalue weighted by Gasteiger charge is 2.23. The number of thioether (sulfide) groups is 2. The number of allylic oxidation sites excluding steroid dienone is 4. The molecule has 0 radical (unpaired) electrons. The van der Waals surface area contributed by atoms with Crippen LogP contribution in [0.3, 0.4) is 0 Å². The Morgan fingerprint density at radius 2 is 1.75 bits per heavy atom. The van der Waals surface area contributed by atoms with E-state index in [1.165, 1.54) is 30.1 Å². The maximum Gasteiger partial charge on any atom is 0.0598 e. The number of benzene rings is 1. The third-order valence-electron chi connectivity index (χ3n) is 3.09. The van der Waals surface area contributed by atoms with Crippen molar-refractivity contribution in [1.82, 2.24) is 0 Å². The normalized spacial score (nSPS) is 15.6. The highest BCUT2D eigenvalue weighted by Crippen LogP contribution is 2.55. The van der Waals surface area contributed by atoms with Crippen LogP contribution in [-0.2, 0) is 0 Å². The smallest absolute Gasteiger partial charge is 0.0598 e. The van der Waals surface area contributed by atoms with Crippen molar-refractivity contribution in [3.05, 3.63) is 80.4 Å². The quantitative estimate of drug-likeness (QED) is 0.627. The molecule has 0 N–H and O–H groups in total. The first kappa shape index (κ1) is 12.4. The number of hydrogen-bond acceptors (Lipinski definition) is 3. The zero-order valence-electron chi connectivity index (χ0n) is 10.5. The Morgan fingerprint density at radius 1 is 0.950 bits per heavy atom. The summed E-state index contributed by atoms with van der Waals surface area (Å²) in [5.74, 6) is 0. The second-order valence-corrected chi connectivity index (χ2v) is 7.68. The van der Waals surface area contributed by atoms with Gasteiger partial charge in [0, 0.05) is 25.8 Å². The molecule has 2 aliphatic rings. The molecule has 0 nitrogen and oxygen atoms in total. The van der Waals surface area contributed by atoms with Gasteiger partial charge in [-0.15, -0.1) is 17.1 Å². The van der Waals surface area contributed by atoms with E-state index in [4.69, 9.17) is 0 Å². The molecule has 3 heteroatoms. The Labute approximate surface area is 130 Å². The lowest BCUT2D eigenvalue weighted by molar-refractivity contribution is 1.27. The molecule has 0 bridgehead atoms. The lowest BCUT2D eigenvalue weighted by atomic mass is 10.1. The molecule has 1 aromatic carbocycles. The summed E-state index contributed by atoms with van der Waals surface area (Å²) in [7, 11) is 0. The first-order valence-electron chi connectivity index (χ1n) is 6.28. The topological polar surface area (TPSA) is 0 Å². The van der Waals surface area contributed by atoms with Gasteiger partial charge in [-0.1, -0.05) is 47.8 Å². The molecule has 0 saturated carbocycles. The third kappa shape index (κ3) is 2.13. The van der Waals surface area contributed by atoms with E-state index >= 15 is 0 Å². The molecule has 0 fully saturated rings. The average Bonchev–Trinajstić information content (AvgIpc) is 3.21. The van der Waals surface area contributed by atoms with Crippen molar-refractivity contribution >= 4 is 40.4 Å². The van der Waals surface area contributed by atoms with Crippen LogP contribution in [0.5, 0.6) is 0 Å². The maximum atomic E-state index is 3.35. The molecular formula is C17H10S3. The van der Waals surface area contributed by atoms with Gasteiger partial charge in [0.1, 0.15) is 0 Å². The molecule has 0 amide bonds. The molecule has 96 valence electrons. The van der Waals surface area contributed by atoms with E-state index in [0.717, 1.165) is 0 Å². The summed E-state index contributed by atoms with van der Waals surface area (Å²) in [6, 6.07) is 12.9. The van der Waals surface area contributed by atoms with Gasteiger partial charge < -0.3 is 0 Å². The van der Waals surface area contributed by atoms with Crippen molar-refractivity contribution in [2.45, 2.75) is 9.79 Å². The molecule has 0 spiro atoms. The zero-order chi connectivity index (χ0) is 13.4. The molecule has 1 aliphatic heterocycles. The summed E-state index contributed by atoms with van der Waals surface area (Å²) in [5, 5.41) is 2.14. The Kier molecular flexibility index (Phi) is 3.21. The van der Waals surface area contributed by atoms with E-state index < -0.39 is 0 Å². The number of thiophene rings is 1. The van der Waals surface area contributed by atoms with Gasteiger partial charge in [0.15, 0.2) is 0 Å². The van der Waals surface area contributed by atoms with Gasteiger partial charge in [-0.2, -0.15) is 0 Å². The first-order valence-corrected chi connectivity index (χ1v) is 8.80. The van der Waals surface area contributed by atoms with Crippen LogP contribution < -0.4 is 0 Å². The van der Waals surface area contributed by atoms with Gasteiger partial charge in [0.25, 0.3) is 0 Å². The summed E-state index contributed by atoms with van der Waals surface area (Å²) in [5.41, 5.74) is 5.86. The van der Waals surface area contributed by atoms with E-state index in [1.807, 2.05) is 29.6 Å². The van der Waals surface area contributed by atoms with Crippen molar-refractivity contribution in [1.29, 1.82) is 0 Å². The lowest BCUT2D eigenvalue weighted by Gasteiger charge is -2.07. The van der Waals surface area contributed by atoms with E-state index in [0.29, 0.717) is 0 Å². The predicted octanol–water partition coefficient (Wildman–Crippen LogP) is 5.97. The summed E-state index contributed by atoms with van der Waals surface area (Å²) in [6.07, 6.45) is 6.19. The predicted molar refractivity (Wildman–Crippen MR) is 90.1 cm³/mol. The molecule has 4 rings (SSSR count). The van der Waals surface area contributed by atoms with Gasteiger partial charge in [0.2, 0.25) is 0 Å². The van der Waals surface area contributed by atoms with Crippen molar-refractivity contribution in [3.8, 4) is 0 Å². The van der Waals surface area contributed by atoms with E-state index in [2.05, 4.69) is 59.7 Å². The minimum Gasteiger partial charge on any atom is -0.144 e. The van der Waals surface area contributed by atoms with E-state index in [-0.39, 0.29) is 0 Å². The molecule has 0 saturated heterocycles. The molecule has 2 aromatic rings. The Bertz CT molecular complexity index is 758. The van der Waals surface area contributed by atoms with Gasteiger partial charge >= 0.3 is 0 Å². The maximum absolute atomic E-state index is 3.35. The molecule has 0 unspecified atom stereocenters. The zero-order valence-corrected chi connectivity index (χ0v) is 12.9. The Balaban J connectivity index is 1.86. The molecular weight excluding hydrogens is 300 g/mol. The molecule has 2 heterocycles. The van der Waals surface area contributed by atoms with Gasteiger partial charge in [-0.25, -0.2) is 0 Å². The van der Waals surface area contributed by atoms with Crippen LogP contribution in [0.1, 0.15) is 4.88 Å². The molecule has 1 aromatic heterocycles. The van der Waals surface area contributed by atoms with Crippen LogP contribution in [0.4, 0.5) is 0 Å². The first-order chi connectivity index (χ1) is 9.92. The second kappa shape index (κ2) is 5.19. The second-order valence-electron chi connectivity index (χ2n) is 4.37. The standard InChI is InChI=1S/C17H10S3/c1-2-7-12(6-1)16(15-10-5-11-18-15)17-19-13-8-3-4-9-14(13)20-17/h1-6,8-11H. The summed E-state index contributed by atoms with van der Waals surface area (Å²) in [6.45, 7) is 0. The summed E-state index contributed by atoms with van der Waals surface area (Å²) >= 11 is 5.53. The van der Waals surface area contributed by atoms with Gasteiger partial charge in [-0.05, 0) is 35.7 Å². The fraction of sp³-hybridized carbons (Fsp3) is 0. The monoisotopic (exact) mass is 310 g/mol. The minimum atomic E-state index is 1.19.